The molecule has 1 aliphatic carbocycles. The molecule has 1 saturated carbocycles. The number of urea groups is 1. The molecular formula is C13H21N3O3. The zero-order valence-corrected chi connectivity index (χ0v) is 11.5. The first-order valence-electron chi connectivity index (χ1n) is 6.84. The van der Waals surface area contributed by atoms with Crippen molar-refractivity contribution in [2.45, 2.75) is 38.6 Å². The zero-order chi connectivity index (χ0) is 14.0. The van der Waals surface area contributed by atoms with Crippen molar-refractivity contribution in [3.63, 3.8) is 0 Å². The van der Waals surface area contributed by atoms with Gasteiger partial charge in [-0.3, -0.25) is 14.5 Å². The molecule has 0 aromatic carbocycles. The summed E-state index contributed by atoms with van der Waals surface area (Å²) >= 11 is 0. The van der Waals surface area contributed by atoms with Crippen LogP contribution in [0.1, 0.15) is 32.6 Å². The summed E-state index contributed by atoms with van der Waals surface area (Å²) in [6, 6.07) is -0.219. The summed E-state index contributed by atoms with van der Waals surface area (Å²) in [5.41, 5.74) is 0. The minimum absolute atomic E-state index is 0.0615. The highest BCUT2D eigenvalue weighted by Gasteiger charge is 2.35. The van der Waals surface area contributed by atoms with Crippen LogP contribution >= 0.6 is 0 Å². The summed E-state index contributed by atoms with van der Waals surface area (Å²) in [5, 5.41) is 2.95. The topological polar surface area (TPSA) is 69.7 Å². The molecular weight excluding hydrogens is 246 g/mol. The van der Waals surface area contributed by atoms with Crippen LogP contribution in [0.5, 0.6) is 0 Å². The Morgan fingerprint density at radius 2 is 2.00 bits per heavy atom. The Morgan fingerprint density at radius 3 is 2.58 bits per heavy atom. The van der Waals surface area contributed by atoms with Gasteiger partial charge in [-0.05, 0) is 18.8 Å². The van der Waals surface area contributed by atoms with Gasteiger partial charge in [0.1, 0.15) is 13.1 Å². The van der Waals surface area contributed by atoms with Gasteiger partial charge in [0, 0.05) is 13.1 Å². The van der Waals surface area contributed by atoms with Crippen molar-refractivity contribution in [3.8, 4) is 0 Å². The van der Waals surface area contributed by atoms with E-state index in [9.17, 15) is 14.4 Å². The van der Waals surface area contributed by atoms with Gasteiger partial charge in [-0.1, -0.05) is 19.8 Å². The zero-order valence-electron chi connectivity index (χ0n) is 11.5. The van der Waals surface area contributed by atoms with Crippen LogP contribution in [-0.2, 0) is 9.59 Å². The Hall–Kier alpha value is -1.59. The van der Waals surface area contributed by atoms with Crippen LogP contribution in [0.2, 0.25) is 0 Å². The number of hydrogen-bond donors (Lipinski definition) is 1. The summed E-state index contributed by atoms with van der Waals surface area (Å²) in [6.45, 7) is 2.03. The van der Waals surface area contributed by atoms with Crippen molar-refractivity contribution in [3.05, 3.63) is 0 Å². The van der Waals surface area contributed by atoms with E-state index in [1.807, 2.05) is 0 Å². The Labute approximate surface area is 113 Å². The molecule has 1 N–H and O–H groups in total. The fourth-order valence-corrected chi connectivity index (χ4v) is 2.75. The first-order chi connectivity index (χ1) is 8.99. The van der Waals surface area contributed by atoms with Crippen molar-refractivity contribution in [2.24, 2.45) is 5.92 Å². The fourth-order valence-electron chi connectivity index (χ4n) is 2.75. The van der Waals surface area contributed by atoms with E-state index >= 15 is 0 Å². The highest BCUT2D eigenvalue weighted by molar-refractivity contribution is 6.04. The van der Waals surface area contributed by atoms with E-state index in [1.165, 1.54) is 11.3 Å². The van der Waals surface area contributed by atoms with Crippen molar-refractivity contribution in [2.75, 3.05) is 20.1 Å². The fraction of sp³-hybridized carbons (Fsp3) is 0.769. The summed E-state index contributed by atoms with van der Waals surface area (Å²) in [4.78, 5) is 37.5. The standard InChI is InChI=1S/C13H21N3O3/c1-9-5-3-4-6-10(9)14-11(17)7-16-12(18)8-15(2)13(16)19/h9-10H,3-8H2,1-2H3,(H,14,17). The number of nitrogens with one attached hydrogen (secondary N) is 1. The van der Waals surface area contributed by atoms with Gasteiger partial charge in [-0.2, -0.15) is 0 Å². The van der Waals surface area contributed by atoms with Gasteiger partial charge < -0.3 is 10.2 Å². The van der Waals surface area contributed by atoms with Gasteiger partial charge in [0.15, 0.2) is 0 Å². The van der Waals surface area contributed by atoms with Crippen molar-refractivity contribution >= 4 is 17.8 Å². The number of hydrogen-bond acceptors (Lipinski definition) is 3. The molecule has 0 spiro atoms. The highest BCUT2D eigenvalue weighted by atomic mass is 16.2. The van der Waals surface area contributed by atoms with Gasteiger partial charge in [0.25, 0.3) is 5.91 Å². The van der Waals surface area contributed by atoms with Crippen LogP contribution in [0.4, 0.5) is 4.79 Å². The number of likely N-dealkylation sites (N-methyl/N-ethyl adjacent to an activating group) is 1. The molecule has 2 rings (SSSR count). The molecule has 6 heteroatoms. The molecule has 19 heavy (non-hydrogen) atoms. The molecule has 6 nitrogen and oxygen atoms in total. The highest BCUT2D eigenvalue weighted by Crippen LogP contribution is 2.23. The van der Waals surface area contributed by atoms with Crippen molar-refractivity contribution < 1.29 is 14.4 Å². The predicted molar refractivity (Wildman–Crippen MR) is 69.3 cm³/mol. The monoisotopic (exact) mass is 267 g/mol. The lowest BCUT2D eigenvalue weighted by atomic mass is 9.86. The van der Waals surface area contributed by atoms with Crippen LogP contribution in [0.25, 0.3) is 0 Å². The second-order valence-electron chi connectivity index (χ2n) is 5.55. The maximum Gasteiger partial charge on any atom is 0.327 e. The molecule has 1 saturated heterocycles. The van der Waals surface area contributed by atoms with Crippen molar-refractivity contribution in [1.82, 2.24) is 15.1 Å². The quantitative estimate of drug-likeness (QED) is 0.760. The Balaban J connectivity index is 1.87. The van der Waals surface area contributed by atoms with Gasteiger partial charge in [0.2, 0.25) is 5.91 Å². The average Bonchev–Trinajstić information content (AvgIpc) is 2.59. The third-order valence-corrected chi connectivity index (χ3v) is 3.99. The lowest BCUT2D eigenvalue weighted by molar-refractivity contribution is -0.131. The van der Waals surface area contributed by atoms with Crippen LogP contribution in [-0.4, -0.2) is 53.8 Å². The van der Waals surface area contributed by atoms with Gasteiger partial charge in [-0.15, -0.1) is 0 Å². The number of carbonyl (C=O) groups is 3. The molecule has 2 atom stereocenters. The second kappa shape index (κ2) is 5.59. The summed E-state index contributed by atoms with van der Waals surface area (Å²) < 4.78 is 0. The lowest BCUT2D eigenvalue weighted by Crippen LogP contribution is -2.47. The number of carbonyl (C=O) groups excluding carboxylic acids is 3. The van der Waals surface area contributed by atoms with E-state index in [2.05, 4.69) is 12.2 Å². The first-order valence-corrected chi connectivity index (χ1v) is 6.84. The van der Waals surface area contributed by atoms with E-state index in [4.69, 9.17) is 0 Å². The van der Waals surface area contributed by atoms with Crippen LogP contribution in [0.15, 0.2) is 0 Å². The molecule has 0 aromatic heterocycles. The Bertz CT molecular complexity index is 397. The molecule has 0 aromatic rings. The Morgan fingerprint density at radius 1 is 1.32 bits per heavy atom. The third kappa shape index (κ3) is 3.05. The average molecular weight is 267 g/mol. The summed E-state index contributed by atoms with van der Waals surface area (Å²) in [5.74, 6) is -0.0829. The molecule has 0 bridgehead atoms. The Kier molecular flexibility index (Phi) is 4.07. The normalized spacial score (nSPS) is 27.9. The number of imide groups is 1. The minimum atomic E-state index is -0.392. The maximum atomic E-state index is 11.9. The number of rotatable bonds is 3. The second-order valence-corrected chi connectivity index (χ2v) is 5.55. The smallest absolute Gasteiger partial charge is 0.327 e. The van der Waals surface area contributed by atoms with E-state index in [1.54, 1.807) is 7.05 Å². The van der Waals surface area contributed by atoms with E-state index in [0.717, 1.165) is 24.2 Å². The molecule has 1 heterocycles. The summed E-state index contributed by atoms with van der Waals surface area (Å²) in [7, 11) is 1.56. The number of amides is 4. The van der Waals surface area contributed by atoms with Crippen LogP contribution in [0, 0.1) is 5.92 Å². The minimum Gasteiger partial charge on any atom is -0.352 e. The molecule has 2 fully saturated rings. The van der Waals surface area contributed by atoms with Gasteiger partial charge in [-0.25, -0.2) is 4.79 Å². The van der Waals surface area contributed by atoms with E-state index in [0.29, 0.717) is 5.92 Å². The molecule has 106 valence electrons. The maximum absolute atomic E-state index is 11.9. The van der Waals surface area contributed by atoms with Crippen LogP contribution < -0.4 is 5.32 Å². The SMILES string of the molecule is CC1CCCCC1NC(=O)CN1C(=O)CN(C)C1=O. The third-order valence-electron chi connectivity index (χ3n) is 3.99. The van der Waals surface area contributed by atoms with E-state index in [-0.39, 0.29) is 30.9 Å². The largest absolute Gasteiger partial charge is 0.352 e. The molecule has 4 amide bonds. The summed E-state index contributed by atoms with van der Waals surface area (Å²) in [6.07, 6.45) is 4.44. The van der Waals surface area contributed by atoms with Crippen LogP contribution in [0.3, 0.4) is 0 Å². The molecule has 0 radical (unpaired) electrons. The first kappa shape index (κ1) is 13.8. The number of nitrogens with zero attached hydrogens (tertiary/aromatic N) is 2. The molecule has 1 aliphatic heterocycles. The van der Waals surface area contributed by atoms with Gasteiger partial charge >= 0.3 is 6.03 Å². The van der Waals surface area contributed by atoms with E-state index < -0.39 is 6.03 Å². The predicted octanol–water partition coefficient (Wildman–Crippen LogP) is 0.575. The van der Waals surface area contributed by atoms with Gasteiger partial charge in [0.05, 0.1) is 0 Å². The molecule has 2 unspecified atom stereocenters. The lowest BCUT2D eigenvalue weighted by Gasteiger charge is -2.29. The molecule has 2 aliphatic rings. The van der Waals surface area contributed by atoms with Crippen molar-refractivity contribution in [1.29, 1.82) is 0 Å².